The highest BCUT2D eigenvalue weighted by atomic mass is 32.2. The zero-order chi connectivity index (χ0) is 23.4. The van der Waals surface area contributed by atoms with Crippen molar-refractivity contribution in [1.82, 2.24) is 0 Å². The molecule has 3 nitrogen and oxygen atoms in total. The van der Waals surface area contributed by atoms with E-state index in [1.54, 1.807) is 24.3 Å². The van der Waals surface area contributed by atoms with E-state index in [0.29, 0.717) is 6.42 Å². The molecule has 0 heterocycles. The summed E-state index contributed by atoms with van der Waals surface area (Å²) in [6, 6.07) is 6.79. The maximum Gasteiger partial charge on any atom is 0.297 e. The Morgan fingerprint density at radius 1 is 0.839 bits per heavy atom. The zero-order valence-electron chi connectivity index (χ0n) is 20.4. The van der Waals surface area contributed by atoms with Crippen molar-refractivity contribution in [1.29, 1.82) is 0 Å². The van der Waals surface area contributed by atoms with Gasteiger partial charge >= 0.3 is 0 Å². The minimum atomic E-state index is -3.83. The Labute approximate surface area is 190 Å². The fraction of sp³-hybridized carbons (Fsp3) is 0.481. The third-order valence-electron chi connectivity index (χ3n) is 4.91. The molecule has 0 amide bonds. The lowest BCUT2D eigenvalue weighted by atomic mass is 10.0. The Morgan fingerprint density at radius 2 is 1.35 bits per heavy atom. The summed E-state index contributed by atoms with van der Waals surface area (Å²) in [6.45, 7) is 14.4. The van der Waals surface area contributed by atoms with E-state index < -0.39 is 16.2 Å². The molecule has 31 heavy (non-hydrogen) atoms. The number of benzene rings is 1. The smallest absolute Gasteiger partial charge is 0.258 e. The Balaban J connectivity index is 2.99. The van der Waals surface area contributed by atoms with E-state index in [9.17, 15) is 8.42 Å². The highest BCUT2D eigenvalue weighted by Crippen LogP contribution is 2.20. The predicted octanol–water partition coefficient (Wildman–Crippen LogP) is 7.84. The fourth-order valence-electron chi connectivity index (χ4n) is 3.06. The molecule has 0 aliphatic carbocycles. The predicted molar refractivity (Wildman–Crippen MR) is 133 cm³/mol. The molecule has 0 aliphatic heterocycles. The van der Waals surface area contributed by atoms with Gasteiger partial charge in [-0.15, -0.1) is 0 Å². The van der Waals surface area contributed by atoms with Crippen LogP contribution in [0, 0.1) is 6.92 Å². The highest BCUT2D eigenvalue weighted by molar-refractivity contribution is 7.86. The quantitative estimate of drug-likeness (QED) is 0.243. The number of hydrogen-bond donors (Lipinski definition) is 0. The lowest BCUT2D eigenvalue weighted by Gasteiger charge is -2.15. The van der Waals surface area contributed by atoms with Gasteiger partial charge in [0.25, 0.3) is 10.1 Å². The van der Waals surface area contributed by atoms with Crippen LogP contribution in [-0.4, -0.2) is 14.5 Å². The van der Waals surface area contributed by atoms with Gasteiger partial charge in [0.05, 0.1) is 11.0 Å². The first-order valence-corrected chi connectivity index (χ1v) is 12.5. The molecular formula is C27H40O3S. The van der Waals surface area contributed by atoms with Crippen LogP contribution in [0.4, 0.5) is 0 Å². The summed E-state index contributed by atoms with van der Waals surface area (Å²) in [5.74, 6) is 0. The minimum Gasteiger partial charge on any atom is -0.258 e. The van der Waals surface area contributed by atoms with Crippen molar-refractivity contribution in [2.75, 3.05) is 0 Å². The second-order valence-electron chi connectivity index (χ2n) is 8.84. The van der Waals surface area contributed by atoms with Crippen molar-refractivity contribution in [3.63, 3.8) is 0 Å². The summed E-state index contributed by atoms with van der Waals surface area (Å²) in [7, 11) is -3.83. The molecule has 0 N–H and O–H groups in total. The summed E-state index contributed by atoms with van der Waals surface area (Å²) in [4.78, 5) is 0.197. The molecule has 0 aromatic heterocycles. The summed E-state index contributed by atoms with van der Waals surface area (Å²) in [5, 5.41) is 0. The average Bonchev–Trinajstić information content (AvgIpc) is 2.65. The Kier molecular flexibility index (Phi) is 11.8. The summed E-state index contributed by atoms with van der Waals surface area (Å²) in [6.07, 6.45) is 12.3. The molecule has 172 valence electrons. The van der Waals surface area contributed by atoms with E-state index >= 15 is 0 Å². The van der Waals surface area contributed by atoms with Gasteiger partial charge in [-0.1, -0.05) is 64.3 Å². The maximum atomic E-state index is 12.8. The number of hydrogen-bond acceptors (Lipinski definition) is 3. The number of allylic oxidation sites excluding steroid dienone is 6. The molecule has 0 saturated carbocycles. The molecule has 0 spiro atoms. The van der Waals surface area contributed by atoms with Crippen molar-refractivity contribution in [2.24, 2.45) is 0 Å². The van der Waals surface area contributed by atoms with Gasteiger partial charge in [0.15, 0.2) is 0 Å². The average molecular weight is 445 g/mol. The van der Waals surface area contributed by atoms with Gasteiger partial charge in [0.1, 0.15) is 0 Å². The lowest BCUT2D eigenvalue weighted by Crippen LogP contribution is -2.17. The van der Waals surface area contributed by atoms with Crippen molar-refractivity contribution in [2.45, 2.75) is 91.6 Å². The zero-order valence-corrected chi connectivity index (χ0v) is 21.2. The summed E-state index contributed by atoms with van der Waals surface area (Å²) >= 11 is 0. The van der Waals surface area contributed by atoms with Gasteiger partial charge in [-0.3, -0.25) is 4.18 Å². The Hall–Kier alpha value is -1.91. The summed E-state index contributed by atoms with van der Waals surface area (Å²) in [5.41, 5.74) is 6.00. The van der Waals surface area contributed by atoms with Crippen LogP contribution < -0.4 is 0 Å². The molecular weight excluding hydrogens is 404 g/mol. The van der Waals surface area contributed by atoms with Crippen LogP contribution in [0.3, 0.4) is 0 Å². The first-order chi connectivity index (χ1) is 14.5. The van der Waals surface area contributed by atoms with Gasteiger partial charge in [0.2, 0.25) is 0 Å². The molecule has 1 atom stereocenters. The van der Waals surface area contributed by atoms with Crippen molar-refractivity contribution in [3.8, 4) is 0 Å². The standard InChI is InChI=1S/C27H40O3S/c1-21(2)10-8-12-23(5)14-17-26(20-25(7)13-9-11-22(3)4)30-31(28,29)27-18-15-24(6)16-19-27/h10-11,14-16,18-20,26H,8-9,12-13,17H2,1-7H3/b23-14-,25-20-. The van der Waals surface area contributed by atoms with Gasteiger partial charge in [0, 0.05) is 0 Å². The van der Waals surface area contributed by atoms with Gasteiger partial charge in [-0.2, -0.15) is 8.42 Å². The van der Waals surface area contributed by atoms with E-state index in [1.165, 1.54) is 16.7 Å². The second-order valence-corrected chi connectivity index (χ2v) is 10.4. The van der Waals surface area contributed by atoms with Crippen LogP contribution in [0.2, 0.25) is 0 Å². The van der Waals surface area contributed by atoms with Crippen LogP contribution in [0.15, 0.2) is 75.8 Å². The van der Waals surface area contributed by atoms with E-state index in [1.807, 2.05) is 19.9 Å². The SMILES string of the molecule is CC(C)=CCC/C(C)=C\CC(/C=C(/C)CCC=C(C)C)OS(=O)(=O)c1ccc(C)cc1. The van der Waals surface area contributed by atoms with Crippen LogP contribution in [0.1, 0.15) is 79.2 Å². The minimum absolute atomic E-state index is 0.197. The largest absolute Gasteiger partial charge is 0.297 e. The first kappa shape index (κ1) is 27.1. The van der Waals surface area contributed by atoms with Crippen molar-refractivity contribution in [3.05, 3.63) is 76.4 Å². The highest BCUT2D eigenvalue weighted by Gasteiger charge is 2.20. The molecule has 0 bridgehead atoms. The van der Waals surface area contributed by atoms with Crippen molar-refractivity contribution < 1.29 is 12.6 Å². The van der Waals surface area contributed by atoms with E-state index in [0.717, 1.165) is 36.8 Å². The second kappa shape index (κ2) is 13.5. The van der Waals surface area contributed by atoms with Crippen LogP contribution in [-0.2, 0) is 14.3 Å². The fourth-order valence-corrected chi connectivity index (χ4v) is 4.10. The van der Waals surface area contributed by atoms with Gasteiger partial charge in [-0.05, 0) is 92.7 Å². The van der Waals surface area contributed by atoms with E-state index in [2.05, 4.69) is 52.8 Å². The van der Waals surface area contributed by atoms with E-state index in [-0.39, 0.29) is 4.90 Å². The third-order valence-corrected chi connectivity index (χ3v) is 6.26. The first-order valence-electron chi connectivity index (χ1n) is 11.1. The van der Waals surface area contributed by atoms with Crippen molar-refractivity contribution >= 4 is 10.1 Å². The molecule has 1 unspecified atom stereocenters. The molecule has 0 fully saturated rings. The molecule has 1 aromatic carbocycles. The molecule has 1 rings (SSSR count). The maximum absolute atomic E-state index is 12.8. The number of rotatable bonds is 12. The molecule has 0 aliphatic rings. The third kappa shape index (κ3) is 11.9. The topological polar surface area (TPSA) is 43.4 Å². The lowest BCUT2D eigenvalue weighted by molar-refractivity contribution is 0.257. The molecule has 0 saturated heterocycles. The number of aryl methyl sites for hydroxylation is 1. The Bertz CT molecular complexity index is 906. The molecule has 0 radical (unpaired) electrons. The van der Waals surface area contributed by atoms with Crippen LogP contribution >= 0.6 is 0 Å². The van der Waals surface area contributed by atoms with Crippen LogP contribution in [0.5, 0.6) is 0 Å². The van der Waals surface area contributed by atoms with E-state index in [4.69, 9.17) is 4.18 Å². The Morgan fingerprint density at radius 3 is 1.87 bits per heavy atom. The van der Waals surface area contributed by atoms with Crippen LogP contribution in [0.25, 0.3) is 0 Å². The summed E-state index contributed by atoms with van der Waals surface area (Å²) < 4.78 is 31.4. The van der Waals surface area contributed by atoms with Gasteiger partial charge < -0.3 is 0 Å². The van der Waals surface area contributed by atoms with Gasteiger partial charge in [-0.25, -0.2) is 0 Å². The molecule has 4 heteroatoms. The normalized spacial score (nSPS) is 13.6. The monoisotopic (exact) mass is 444 g/mol. The molecule has 1 aromatic rings.